The molecule has 98 valence electrons. The average Bonchev–Trinajstić information content (AvgIpc) is 2.77. The number of methoxy groups -OCH3 is 1. The zero-order chi connectivity index (χ0) is 13.3. The standard InChI is InChI=1S/C13H17ClN2O2/c1-8-4-3-5-16(8)13(17)9-6-10(14)11(15)7-12(9)18-2/h6-8H,3-5,15H2,1-2H3. The third kappa shape index (κ3) is 2.25. The number of rotatable bonds is 2. The Hall–Kier alpha value is -1.42. The van der Waals surface area contributed by atoms with E-state index in [1.165, 1.54) is 7.11 Å². The number of benzene rings is 1. The predicted octanol–water partition coefficient (Wildman–Crippen LogP) is 2.56. The van der Waals surface area contributed by atoms with Gasteiger partial charge in [-0.3, -0.25) is 4.79 Å². The van der Waals surface area contributed by atoms with Crippen molar-refractivity contribution in [3.05, 3.63) is 22.7 Å². The molecule has 0 bridgehead atoms. The highest BCUT2D eigenvalue weighted by atomic mass is 35.5. The fourth-order valence-corrected chi connectivity index (χ4v) is 2.46. The van der Waals surface area contributed by atoms with Crippen LogP contribution in [0.5, 0.6) is 5.75 Å². The lowest BCUT2D eigenvalue weighted by Gasteiger charge is -2.22. The lowest BCUT2D eigenvalue weighted by Crippen LogP contribution is -2.33. The number of halogens is 1. The summed E-state index contributed by atoms with van der Waals surface area (Å²) >= 11 is 5.98. The number of likely N-dealkylation sites (tertiary alicyclic amines) is 1. The number of nitrogen functional groups attached to an aromatic ring is 1. The van der Waals surface area contributed by atoms with Crippen LogP contribution in [0.4, 0.5) is 5.69 Å². The minimum Gasteiger partial charge on any atom is -0.496 e. The minimum atomic E-state index is -0.0428. The summed E-state index contributed by atoms with van der Waals surface area (Å²) in [6.07, 6.45) is 2.08. The largest absolute Gasteiger partial charge is 0.496 e. The highest BCUT2D eigenvalue weighted by molar-refractivity contribution is 6.33. The molecule has 1 heterocycles. The van der Waals surface area contributed by atoms with Gasteiger partial charge in [-0.15, -0.1) is 0 Å². The summed E-state index contributed by atoms with van der Waals surface area (Å²) < 4.78 is 5.21. The van der Waals surface area contributed by atoms with Crippen LogP contribution >= 0.6 is 11.6 Å². The van der Waals surface area contributed by atoms with E-state index in [1.807, 2.05) is 4.90 Å². The quantitative estimate of drug-likeness (QED) is 0.839. The second kappa shape index (κ2) is 5.06. The number of anilines is 1. The molecule has 2 N–H and O–H groups in total. The van der Waals surface area contributed by atoms with Crippen molar-refractivity contribution in [3.8, 4) is 5.75 Å². The predicted molar refractivity (Wildman–Crippen MR) is 72.1 cm³/mol. The van der Waals surface area contributed by atoms with Gasteiger partial charge in [0.1, 0.15) is 5.75 Å². The maximum atomic E-state index is 12.4. The Balaban J connectivity index is 2.37. The first-order valence-corrected chi connectivity index (χ1v) is 6.36. The summed E-state index contributed by atoms with van der Waals surface area (Å²) in [5, 5.41) is 0.381. The molecule has 1 aromatic rings. The van der Waals surface area contributed by atoms with E-state index in [4.69, 9.17) is 22.1 Å². The molecular weight excluding hydrogens is 252 g/mol. The molecule has 1 aromatic carbocycles. The molecule has 0 aliphatic carbocycles. The summed E-state index contributed by atoms with van der Waals surface area (Å²) in [6.45, 7) is 2.83. The molecule has 0 aromatic heterocycles. The molecule has 1 unspecified atom stereocenters. The van der Waals surface area contributed by atoms with E-state index >= 15 is 0 Å². The first kappa shape index (κ1) is 13.0. The molecule has 18 heavy (non-hydrogen) atoms. The molecule has 2 rings (SSSR count). The van der Waals surface area contributed by atoms with Gasteiger partial charge in [0.15, 0.2) is 0 Å². The summed E-state index contributed by atoms with van der Waals surface area (Å²) in [5.41, 5.74) is 6.60. The summed E-state index contributed by atoms with van der Waals surface area (Å²) in [5.74, 6) is 0.430. The van der Waals surface area contributed by atoms with Crippen LogP contribution in [0.25, 0.3) is 0 Å². The van der Waals surface area contributed by atoms with Crippen molar-refractivity contribution >= 4 is 23.2 Å². The highest BCUT2D eigenvalue weighted by Gasteiger charge is 2.28. The second-order valence-corrected chi connectivity index (χ2v) is 4.97. The SMILES string of the molecule is COc1cc(N)c(Cl)cc1C(=O)N1CCCC1C. The number of carbonyl (C=O) groups excluding carboxylic acids is 1. The van der Waals surface area contributed by atoms with Crippen LogP contribution in [0.1, 0.15) is 30.1 Å². The molecule has 5 heteroatoms. The molecule has 1 fully saturated rings. The minimum absolute atomic E-state index is 0.0428. The molecule has 1 aliphatic rings. The number of nitrogens with zero attached hydrogens (tertiary/aromatic N) is 1. The van der Waals surface area contributed by atoms with E-state index in [0.717, 1.165) is 19.4 Å². The maximum absolute atomic E-state index is 12.4. The normalized spacial score (nSPS) is 19.1. The average molecular weight is 269 g/mol. The Labute approximate surface area is 112 Å². The highest BCUT2D eigenvalue weighted by Crippen LogP contribution is 2.31. The van der Waals surface area contributed by atoms with Crippen LogP contribution in [-0.2, 0) is 0 Å². The third-order valence-electron chi connectivity index (χ3n) is 3.36. The molecule has 1 atom stereocenters. The first-order chi connectivity index (χ1) is 8.54. The van der Waals surface area contributed by atoms with Crippen LogP contribution < -0.4 is 10.5 Å². The van der Waals surface area contributed by atoms with Gasteiger partial charge < -0.3 is 15.4 Å². The zero-order valence-corrected chi connectivity index (χ0v) is 11.3. The van der Waals surface area contributed by atoms with Gasteiger partial charge in [-0.2, -0.15) is 0 Å². The topological polar surface area (TPSA) is 55.6 Å². The summed E-state index contributed by atoms with van der Waals surface area (Å²) in [7, 11) is 1.52. The van der Waals surface area contributed by atoms with E-state index in [1.54, 1.807) is 12.1 Å². The van der Waals surface area contributed by atoms with Crippen LogP contribution in [0, 0.1) is 0 Å². The maximum Gasteiger partial charge on any atom is 0.257 e. The first-order valence-electron chi connectivity index (χ1n) is 5.98. The van der Waals surface area contributed by atoms with Gasteiger partial charge in [-0.25, -0.2) is 0 Å². The Kier molecular flexibility index (Phi) is 3.66. The van der Waals surface area contributed by atoms with Crippen molar-refractivity contribution in [3.63, 3.8) is 0 Å². The van der Waals surface area contributed by atoms with Gasteiger partial charge in [-0.1, -0.05) is 11.6 Å². The Morgan fingerprint density at radius 3 is 2.83 bits per heavy atom. The van der Waals surface area contributed by atoms with Gasteiger partial charge in [0, 0.05) is 18.7 Å². The molecule has 1 amide bonds. The van der Waals surface area contributed by atoms with Crippen LogP contribution in [-0.4, -0.2) is 30.5 Å². The van der Waals surface area contributed by atoms with Crippen molar-refractivity contribution in [2.75, 3.05) is 19.4 Å². The van der Waals surface area contributed by atoms with Crippen molar-refractivity contribution < 1.29 is 9.53 Å². The number of hydrogen-bond acceptors (Lipinski definition) is 3. The monoisotopic (exact) mass is 268 g/mol. The van der Waals surface area contributed by atoms with Gasteiger partial charge in [0.05, 0.1) is 23.4 Å². The number of ether oxygens (including phenoxy) is 1. The van der Waals surface area contributed by atoms with Crippen molar-refractivity contribution in [1.29, 1.82) is 0 Å². The number of nitrogens with two attached hydrogens (primary N) is 1. The molecule has 0 spiro atoms. The fourth-order valence-electron chi connectivity index (χ4n) is 2.29. The van der Waals surface area contributed by atoms with Crippen molar-refractivity contribution in [2.45, 2.75) is 25.8 Å². The summed E-state index contributed by atoms with van der Waals surface area (Å²) in [6, 6.07) is 3.44. The Bertz CT molecular complexity index is 476. The molecule has 0 saturated carbocycles. The van der Waals surface area contributed by atoms with Gasteiger partial charge in [0.2, 0.25) is 0 Å². The third-order valence-corrected chi connectivity index (χ3v) is 3.69. The van der Waals surface area contributed by atoms with Gasteiger partial charge >= 0.3 is 0 Å². The molecular formula is C13H17ClN2O2. The van der Waals surface area contributed by atoms with Crippen LogP contribution in [0.15, 0.2) is 12.1 Å². The number of amides is 1. The lowest BCUT2D eigenvalue weighted by molar-refractivity contribution is 0.0744. The van der Waals surface area contributed by atoms with Gasteiger partial charge in [-0.05, 0) is 25.8 Å². The molecule has 1 aliphatic heterocycles. The van der Waals surface area contributed by atoms with E-state index in [2.05, 4.69) is 6.92 Å². The number of hydrogen-bond donors (Lipinski definition) is 1. The molecule has 0 radical (unpaired) electrons. The van der Waals surface area contributed by atoms with Crippen molar-refractivity contribution in [2.24, 2.45) is 0 Å². The van der Waals surface area contributed by atoms with E-state index in [0.29, 0.717) is 22.0 Å². The number of carbonyl (C=O) groups is 1. The Morgan fingerprint density at radius 1 is 1.56 bits per heavy atom. The molecule has 1 saturated heterocycles. The van der Waals surface area contributed by atoms with Crippen LogP contribution in [0.3, 0.4) is 0 Å². The van der Waals surface area contributed by atoms with E-state index in [-0.39, 0.29) is 11.9 Å². The van der Waals surface area contributed by atoms with Crippen LogP contribution in [0.2, 0.25) is 5.02 Å². The van der Waals surface area contributed by atoms with E-state index in [9.17, 15) is 4.79 Å². The van der Waals surface area contributed by atoms with E-state index < -0.39 is 0 Å². The summed E-state index contributed by atoms with van der Waals surface area (Å²) in [4.78, 5) is 14.3. The van der Waals surface area contributed by atoms with Gasteiger partial charge in [0.25, 0.3) is 5.91 Å². The lowest BCUT2D eigenvalue weighted by atomic mass is 10.1. The Morgan fingerprint density at radius 2 is 2.28 bits per heavy atom. The molecule has 4 nitrogen and oxygen atoms in total. The van der Waals surface area contributed by atoms with Crippen molar-refractivity contribution in [1.82, 2.24) is 4.90 Å². The second-order valence-electron chi connectivity index (χ2n) is 4.56. The zero-order valence-electron chi connectivity index (χ0n) is 10.6. The smallest absolute Gasteiger partial charge is 0.257 e. The fraction of sp³-hybridized carbons (Fsp3) is 0.462.